The van der Waals surface area contributed by atoms with Gasteiger partial charge in [0.1, 0.15) is 6.04 Å². The van der Waals surface area contributed by atoms with Gasteiger partial charge >= 0.3 is 5.97 Å². The van der Waals surface area contributed by atoms with Gasteiger partial charge in [0.2, 0.25) is 10.0 Å². The first-order valence-corrected chi connectivity index (χ1v) is 13.3. The molecule has 2 unspecified atom stereocenters. The molecule has 0 saturated carbocycles. The van der Waals surface area contributed by atoms with E-state index in [9.17, 15) is 18.3 Å². The Morgan fingerprint density at radius 3 is 2.27 bits per heavy atom. The van der Waals surface area contributed by atoms with Crippen LogP contribution in [-0.4, -0.2) is 42.6 Å². The van der Waals surface area contributed by atoms with E-state index in [1.54, 1.807) is 30.4 Å². The van der Waals surface area contributed by atoms with Gasteiger partial charge in [-0.05, 0) is 41.5 Å². The predicted octanol–water partition coefficient (Wildman–Crippen LogP) is 4.97. The predicted molar refractivity (Wildman–Crippen MR) is 123 cm³/mol. The van der Waals surface area contributed by atoms with Crippen molar-refractivity contribution in [1.29, 1.82) is 0 Å². The number of sulfonamides is 1. The lowest BCUT2D eigenvalue weighted by Crippen LogP contribution is -2.42. The Morgan fingerprint density at radius 1 is 1.17 bits per heavy atom. The molecule has 2 aliphatic heterocycles. The minimum Gasteiger partial charge on any atom is -0.480 e. The largest absolute Gasteiger partial charge is 0.480 e. The standard InChI is InChI=1S/C22H23NO4S3/c1-3-18(22(24)25)23-13-20-21(30(23,26)27)12-19(29-20)16-6-4-14(5-7-16)15-8-10-17(28-2)11-9-15/h4-11,18-19H,3,12-13H2,1-2H3,(H,24,25). The van der Waals surface area contributed by atoms with Crippen molar-refractivity contribution >= 4 is 39.5 Å². The van der Waals surface area contributed by atoms with Gasteiger partial charge in [-0.15, -0.1) is 23.5 Å². The molecular weight excluding hydrogens is 438 g/mol. The van der Waals surface area contributed by atoms with Crippen LogP contribution in [0.25, 0.3) is 11.1 Å². The maximum atomic E-state index is 12.9. The van der Waals surface area contributed by atoms with E-state index in [2.05, 4.69) is 54.8 Å². The number of carboxylic acid groups (broad SMARTS) is 1. The number of aliphatic carboxylic acids is 1. The number of hydrogen-bond donors (Lipinski definition) is 1. The first-order chi connectivity index (χ1) is 14.3. The van der Waals surface area contributed by atoms with E-state index in [0.717, 1.165) is 25.9 Å². The highest BCUT2D eigenvalue weighted by molar-refractivity contribution is 8.05. The molecule has 0 aliphatic carbocycles. The Balaban J connectivity index is 1.49. The summed E-state index contributed by atoms with van der Waals surface area (Å²) >= 11 is 3.26. The second-order valence-corrected chi connectivity index (χ2v) is 11.4. The summed E-state index contributed by atoms with van der Waals surface area (Å²) in [5, 5.41) is 9.42. The van der Waals surface area contributed by atoms with Crippen molar-refractivity contribution in [2.24, 2.45) is 0 Å². The summed E-state index contributed by atoms with van der Waals surface area (Å²) in [6.45, 7) is 1.87. The van der Waals surface area contributed by atoms with Crippen LogP contribution in [0.15, 0.2) is 63.2 Å². The van der Waals surface area contributed by atoms with E-state index >= 15 is 0 Å². The van der Waals surface area contributed by atoms with Gasteiger partial charge in [-0.2, -0.15) is 4.31 Å². The molecule has 4 rings (SSSR count). The maximum Gasteiger partial charge on any atom is 0.322 e. The monoisotopic (exact) mass is 461 g/mol. The molecule has 0 radical (unpaired) electrons. The van der Waals surface area contributed by atoms with Gasteiger partial charge in [-0.1, -0.05) is 43.3 Å². The smallest absolute Gasteiger partial charge is 0.322 e. The Bertz CT molecular complexity index is 1090. The molecule has 0 bridgehead atoms. The minimum absolute atomic E-state index is 0.0461. The van der Waals surface area contributed by atoms with Gasteiger partial charge in [-0.3, -0.25) is 4.79 Å². The summed E-state index contributed by atoms with van der Waals surface area (Å²) in [7, 11) is -3.71. The molecule has 158 valence electrons. The third-order valence-corrected chi connectivity index (χ3v) is 9.90. The molecule has 2 heterocycles. The fourth-order valence-corrected chi connectivity index (χ4v) is 8.20. The zero-order valence-electron chi connectivity index (χ0n) is 16.7. The van der Waals surface area contributed by atoms with Crippen molar-refractivity contribution in [1.82, 2.24) is 4.31 Å². The van der Waals surface area contributed by atoms with Crippen molar-refractivity contribution in [3.05, 3.63) is 63.9 Å². The lowest BCUT2D eigenvalue weighted by molar-refractivity contribution is -0.141. The molecule has 2 atom stereocenters. The highest BCUT2D eigenvalue weighted by Crippen LogP contribution is 2.53. The average Bonchev–Trinajstić information content (AvgIpc) is 3.27. The number of allylic oxidation sites excluding steroid dienone is 1. The number of carboxylic acids is 1. The van der Waals surface area contributed by atoms with Crippen LogP contribution >= 0.6 is 23.5 Å². The summed E-state index contributed by atoms with van der Waals surface area (Å²) in [5.41, 5.74) is 3.36. The van der Waals surface area contributed by atoms with Crippen LogP contribution < -0.4 is 0 Å². The molecule has 0 amide bonds. The Hall–Kier alpha value is -1.74. The van der Waals surface area contributed by atoms with Gasteiger partial charge in [0, 0.05) is 28.0 Å². The lowest BCUT2D eigenvalue weighted by atomic mass is 10.0. The zero-order chi connectivity index (χ0) is 21.5. The van der Waals surface area contributed by atoms with Gasteiger partial charge in [0.25, 0.3) is 0 Å². The summed E-state index contributed by atoms with van der Waals surface area (Å²) in [5.74, 6) is -1.09. The molecule has 8 heteroatoms. The van der Waals surface area contributed by atoms with Gasteiger partial charge in [-0.25, -0.2) is 8.42 Å². The summed E-state index contributed by atoms with van der Waals surface area (Å²) in [6.07, 6.45) is 2.72. The molecule has 2 aliphatic rings. The topological polar surface area (TPSA) is 74.7 Å². The van der Waals surface area contributed by atoms with E-state index in [0.29, 0.717) is 11.3 Å². The minimum atomic E-state index is -3.71. The SMILES string of the molecule is CCC(C(=O)O)N1CC2=C(CC(c3ccc(-c4ccc(SC)cc4)cc3)S2)S1(=O)=O. The van der Waals surface area contributed by atoms with E-state index in [-0.39, 0.29) is 18.2 Å². The van der Waals surface area contributed by atoms with Crippen molar-refractivity contribution in [2.75, 3.05) is 12.8 Å². The molecule has 30 heavy (non-hydrogen) atoms. The first-order valence-electron chi connectivity index (χ1n) is 9.73. The number of benzene rings is 2. The molecule has 1 N–H and O–H groups in total. The van der Waals surface area contributed by atoms with Gasteiger partial charge < -0.3 is 5.11 Å². The average molecular weight is 462 g/mol. The molecular formula is C22H23NO4S3. The van der Waals surface area contributed by atoms with Crippen LogP contribution in [0, 0.1) is 0 Å². The van der Waals surface area contributed by atoms with Gasteiger partial charge in [0.05, 0.1) is 4.91 Å². The van der Waals surface area contributed by atoms with Crippen LogP contribution in [0.1, 0.15) is 30.6 Å². The van der Waals surface area contributed by atoms with Gasteiger partial charge in [0.15, 0.2) is 0 Å². The molecule has 0 saturated heterocycles. The number of carbonyl (C=O) groups is 1. The summed E-state index contributed by atoms with van der Waals surface area (Å²) < 4.78 is 27.0. The van der Waals surface area contributed by atoms with E-state index in [1.165, 1.54) is 4.90 Å². The van der Waals surface area contributed by atoms with E-state index < -0.39 is 22.0 Å². The number of rotatable bonds is 6. The summed E-state index contributed by atoms with van der Waals surface area (Å²) in [4.78, 5) is 13.9. The highest BCUT2D eigenvalue weighted by atomic mass is 32.2. The Morgan fingerprint density at radius 2 is 1.77 bits per heavy atom. The molecule has 0 spiro atoms. The lowest BCUT2D eigenvalue weighted by Gasteiger charge is -2.24. The quantitative estimate of drug-likeness (QED) is 0.612. The molecule has 0 fully saturated rings. The number of thioether (sulfide) groups is 2. The van der Waals surface area contributed by atoms with Crippen LogP contribution in [0.5, 0.6) is 0 Å². The number of hydrogen-bond acceptors (Lipinski definition) is 5. The second-order valence-electron chi connectivity index (χ2n) is 7.32. The van der Waals surface area contributed by atoms with Crippen molar-refractivity contribution in [3.63, 3.8) is 0 Å². The van der Waals surface area contributed by atoms with Crippen molar-refractivity contribution < 1.29 is 18.3 Å². The normalized spacial score (nSPS) is 21.6. The molecule has 2 aromatic rings. The third kappa shape index (κ3) is 3.82. The fraction of sp³-hybridized carbons (Fsp3) is 0.318. The summed E-state index contributed by atoms with van der Waals surface area (Å²) in [6, 6.07) is 15.7. The second kappa shape index (κ2) is 8.42. The van der Waals surface area contributed by atoms with E-state index in [1.807, 2.05) is 0 Å². The van der Waals surface area contributed by atoms with Crippen LogP contribution in [-0.2, 0) is 14.8 Å². The third-order valence-electron chi connectivity index (χ3n) is 5.61. The highest BCUT2D eigenvalue weighted by Gasteiger charge is 2.47. The fourth-order valence-electron chi connectivity index (χ4n) is 3.94. The van der Waals surface area contributed by atoms with Crippen LogP contribution in [0.4, 0.5) is 0 Å². The Kier molecular flexibility index (Phi) is 6.03. The van der Waals surface area contributed by atoms with E-state index in [4.69, 9.17) is 0 Å². The zero-order valence-corrected chi connectivity index (χ0v) is 19.2. The maximum absolute atomic E-state index is 12.9. The number of nitrogens with zero attached hydrogens (tertiary/aromatic N) is 1. The molecule has 2 aromatic carbocycles. The molecule has 0 aromatic heterocycles. The van der Waals surface area contributed by atoms with Crippen molar-refractivity contribution in [2.45, 2.75) is 36.0 Å². The first kappa shape index (κ1) is 21.5. The Labute approximate surface area is 185 Å². The van der Waals surface area contributed by atoms with Crippen molar-refractivity contribution in [3.8, 4) is 11.1 Å². The van der Waals surface area contributed by atoms with Crippen LogP contribution in [0.2, 0.25) is 0 Å². The molecule has 5 nitrogen and oxygen atoms in total. The van der Waals surface area contributed by atoms with Crippen LogP contribution in [0.3, 0.4) is 0 Å².